The number of phenols is 1. The van der Waals surface area contributed by atoms with Gasteiger partial charge in [-0.15, -0.1) is 0 Å². The summed E-state index contributed by atoms with van der Waals surface area (Å²) in [7, 11) is 0. The Balaban J connectivity index is 1.61. The minimum atomic E-state index is -1.27. The van der Waals surface area contributed by atoms with E-state index in [0.717, 1.165) is 6.07 Å². The second kappa shape index (κ2) is 7.28. The summed E-state index contributed by atoms with van der Waals surface area (Å²) in [4.78, 5) is 12.5. The van der Waals surface area contributed by atoms with Gasteiger partial charge in [0.05, 0.1) is 12.9 Å². The number of anilines is 1. The highest BCUT2D eigenvalue weighted by Crippen LogP contribution is 2.32. The van der Waals surface area contributed by atoms with Crippen LogP contribution >= 0.6 is 0 Å². The number of nitrogens with zero attached hydrogens (tertiary/aromatic N) is 4. The second-order valence-electron chi connectivity index (χ2n) is 6.38. The highest BCUT2D eigenvalue weighted by Gasteiger charge is 2.44. The highest BCUT2D eigenvalue weighted by molar-refractivity contribution is 5.82. The number of aromatic nitrogens is 4. The van der Waals surface area contributed by atoms with Gasteiger partial charge in [-0.05, 0) is 6.07 Å². The van der Waals surface area contributed by atoms with Crippen LogP contribution in [0.3, 0.4) is 0 Å². The summed E-state index contributed by atoms with van der Waals surface area (Å²) in [5, 5.41) is 42.2. The van der Waals surface area contributed by atoms with Crippen molar-refractivity contribution in [2.45, 2.75) is 31.1 Å². The molecule has 1 saturated heterocycles. The molecule has 11 heteroatoms. The summed E-state index contributed by atoms with van der Waals surface area (Å²) in [6.45, 7) is -0.351. The number of benzene rings is 1. The smallest absolute Gasteiger partial charge is 0.167 e. The number of para-hydroxylation sites is 1. The highest BCUT2D eigenvalue weighted by atomic mass is 19.1. The van der Waals surface area contributed by atoms with E-state index in [1.165, 1.54) is 23.3 Å². The Morgan fingerprint density at radius 2 is 2.00 bits per heavy atom. The predicted molar refractivity (Wildman–Crippen MR) is 93.7 cm³/mol. The molecule has 0 unspecified atom stereocenters. The lowest BCUT2D eigenvalue weighted by atomic mass is 10.1. The van der Waals surface area contributed by atoms with Crippen molar-refractivity contribution in [1.29, 1.82) is 0 Å². The Bertz CT molecular complexity index is 999. The van der Waals surface area contributed by atoms with E-state index in [1.807, 2.05) is 0 Å². The maximum absolute atomic E-state index is 13.5. The fraction of sp³-hybridized carbons (Fsp3) is 0.353. The zero-order chi connectivity index (χ0) is 19.8. The zero-order valence-corrected chi connectivity index (χ0v) is 14.5. The number of halogens is 1. The molecule has 0 aliphatic carbocycles. The monoisotopic (exact) mass is 391 g/mol. The molecule has 3 aromatic rings. The van der Waals surface area contributed by atoms with Crippen molar-refractivity contribution < 1.29 is 29.6 Å². The lowest BCUT2D eigenvalue weighted by molar-refractivity contribution is -0.0511. The van der Waals surface area contributed by atoms with Crippen molar-refractivity contribution in [2.24, 2.45) is 0 Å². The molecule has 148 valence electrons. The topological polar surface area (TPSA) is 146 Å². The molecule has 2 aromatic heterocycles. The van der Waals surface area contributed by atoms with Gasteiger partial charge in [0.25, 0.3) is 0 Å². The minimum Gasteiger partial charge on any atom is -0.505 e. The molecule has 1 fully saturated rings. The first-order chi connectivity index (χ1) is 13.5. The van der Waals surface area contributed by atoms with Gasteiger partial charge >= 0.3 is 0 Å². The summed E-state index contributed by atoms with van der Waals surface area (Å²) in [6, 6.07) is 4.21. The van der Waals surface area contributed by atoms with E-state index in [-0.39, 0.29) is 6.54 Å². The summed E-state index contributed by atoms with van der Waals surface area (Å²) in [6.07, 6.45) is -1.77. The van der Waals surface area contributed by atoms with Crippen LogP contribution in [0.15, 0.2) is 30.9 Å². The third-order valence-corrected chi connectivity index (χ3v) is 4.67. The fourth-order valence-electron chi connectivity index (χ4n) is 3.16. The Morgan fingerprint density at radius 1 is 1.18 bits per heavy atom. The molecule has 0 bridgehead atoms. The third kappa shape index (κ3) is 3.03. The van der Waals surface area contributed by atoms with Gasteiger partial charge in [-0.1, -0.05) is 12.1 Å². The van der Waals surface area contributed by atoms with E-state index >= 15 is 0 Å². The van der Waals surface area contributed by atoms with Gasteiger partial charge < -0.3 is 30.5 Å². The quantitative estimate of drug-likeness (QED) is 0.402. The standard InChI is InChI=1S/C17H18FN5O5/c18-9-3-1-2-8(12(9)25)4-19-15-11-16(21-6-20-15)23(7-22-11)17-14(27)13(26)10(5-24)28-17/h1-3,6-7,10,13-14,17,24-27H,4-5H2,(H,19,20,21)/t10-,13-,14-,17-/m1/s1. The van der Waals surface area contributed by atoms with Crippen molar-refractivity contribution in [2.75, 3.05) is 11.9 Å². The number of hydrogen-bond donors (Lipinski definition) is 5. The molecule has 0 amide bonds. The molecule has 1 aromatic carbocycles. The van der Waals surface area contributed by atoms with Crippen molar-refractivity contribution >= 4 is 17.0 Å². The fourth-order valence-corrected chi connectivity index (χ4v) is 3.16. The number of fused-ring (bicyclic) bond motifs is 1. The van der Waals surface area contributed by atoms with E-state index in [0.29, 0.717) is 22.5 Å². The van der Waals surface area contributed by atoms with Crippen molar-refractivity contribution in [1.82, 2.24) is 19.5 Å². The van der Waals surface area contributed by atoms with Crippen LogP contribution in [0, 0.1) is 5.82 Å². The number of imidazole rings is 1. The number of aliphatic hydroxyl groups excluding tert-OH is 3. The summed E-state index contributed by atoms with van der Waals surface area (Å²) < 4.78 is 20.4. The van der Waals surface area contributed by atoms with Gasteiger partial charge in [0.1, 0.15) is 24.6 Å². The number of hydrogen-bond acceptors (Lipinski definition) is 9. The van der Waals surface area contributed by atoms with E-state index in [1.54, 1.807) is 6.07 Å². The normalized spacial score (nSPS) is 24.7. The van der Waals surface area contributed by atoms with Gasteiger partial charge in [0, 0.05) is 12.1 Å². The lowest BCUT2D eigenvalue weighted by Crippen LogP contribution is -2.33. The van der Waals surface area contributed by atoms with Crippen LogP contribution in [0.2, 0.25) is 0 Å². The van der Waals surface area contributed by atoms with Gasteiger partial charge in [-0.2, -0.15) is 0 Å². The zero-order valence-electron chi connectivity index (χ0n) is 14.5. The molecule has 4 rings (SSSR count). The van der Waals surface area contributed by atoms with E-state index < -0.39 is 42.7 Å². The molecule has 4 atom stereocenters. The number of phenolic OH excluding ortho intramolecular Hbond substituents is 1. The van der Waals surface area contributed by atoms with Crippen molar-refractivity contribution in [3.8, 4) is 5.75 Å². The largest absolute Gasteiger partial charge is 0.505 e. The molecular formula is C17H18FN5O5. The third-order valence-electron chi connectivity index (χ3n) is 4.67. The summed E-state index contributed by atoms with van der Waals surface area (Å²) in [5.41, 5.74) is 1.03. The number of nitrogens with one attached hydrogen (secondary N) is 1. The summed E-state index contributed by atoms with van der Waals surface area (Å²) in [5.74, 6) is -0.836. The summed E-state index contributed by atoms with van der Waals surface area (Å²) >= 11 is 0. The van der Waals surface area contributed by atoms with Crippen LogP contribution in [0.25, 0.3) is 11.2 Å². The predicted octanol–water partition coefficient (Wildman–Crippen LogP) is -0.105. The van der Waals surface area contributed by atoms with E-state index in [9.17, 15) is 24.8 Å². The maximum atomic E-state index is 13.5. The second-order valence-corrected chi connectivity index (χ2v) is 6.38. The average Bonchev–Trinajstić information content (AvgIpc) is 3.25. The molecule has 0 saturated carbocycles. The lowest BCUT2D eigenvalue weighted by Gasteiger charge is -2.16. The van der Waals surface area contributed by atoms with Gasteiger partial charge in [-0.3, -0.25) is 4.57 Å². The van der Waals surface area contributed by atoms with Gasteiger partial charge in [-0.25, -0.2) is 19.3 Å². The van der Waals surface area contributed by atoms with E-state index in [2.05, 4.69) is 20.3 Å². The molecule has 0 radical (unpaired) electrons. The molecular weight excluding hydrogens is 373 g/mol. The van der Waals surface area contributed by atoms with Crippen LogP contribution < -0.4 is 5.32 Å². The first kappa shape index (κ1) is 18.5. The van der Waals surface area contributed by atoms with Gasteiger partial charge in [0.2, 0.25) is 0 Å². The van der Waals surface area contributed by atoms with Gasteiger partial charge in [0.15, 0.2) is 34.8 Å². The number of ether oxygens (including phenoxy) is 1. The molecule has 5 N–H and O–H groups in total. The van der Waals surface area contributed by atoms with Crippen LogP contribution in [-0.4, -0.2) is 64.9 Å². The van der Waals surface area contributed by atoms with Crippen molar-refractivity contribution in [3.63, 3.8) is 0 Å². The number of rotatable bonds is 5. The number of aliphatic hydroxyl groups is 3. The number of aromatic hydroxyl groups is 1. The van der Waals surface area contributed by atoms with Crippen LogP contribution in [0.5, 0.6) is 5.75 Å². The minimum absolute atomic E-state index is 0.0937. The van der Waals surface area contributed by atoms with E-state index in [4.69, 9.17) is 4.74 Å². The molecule has 28 heavy (non-hydrogen) atoms. The van der Waals surface area contributed by atoms with Crippen LogP contribution in [-0.2, 0) is 11.3 Å². The first-order valence-electron chi connectivity index (χ1n) is 8.51. The Kier molecular flexibility index (Phi) is 4.81. The first-order valence-corrected chi connectivity index (χ1v) is 8.51. The maximum Gasteiger partial charge on any atom is 0.167 e. The Hall–Kier alpha value is -2.86. The van der Waals surface area contributed by atoms with Crippen LogP contribution in [0.4, 0.5) is 10.2 Å². The SMILES string of the molecule is OC[C@H]1O[C@@H](n2cnc3c(NCc4cccc(F)c4O)ncnc32)[C@H](O)[C@@H]1O. The Morgan fingerprint density at radius 3 is 2.75 bits per heavy atom. The molecule has 10 nitrogen and oxygen atoms in total. The molecule has 1 aliphatic heterocycles. The molecule has 3 heterocycles. The molecule has 0 spiro atoms. The van der Waals surface area contributed by atoms with Crippen LogP contribution in [0.1, 0.15) is 11.8 Å². The Labute approximate surface area is 157 Å². The molecule has 1 aliphatic rings. The average molecular weight is 391 g/mol. The van der Waals surface area contributed by atoms with Crippen molar-refractivity contribution in [3.05, 3.63) is 42.2 Å².